The lowest BCUT2D eigenvalue weighted by atomic mass is 10.1. The Hall–Kier alpha value is -3.13. The number of ether oxygens (including phenoxy) is 1. The first-order chi connectivity index (χ1) is 14.2. The number of para-hydroxylation sites is 1. The fourth-order valence-corrected chi connectivity index (χ4v) is 3.83. The summed E-state index contributed by atoms with van der Waals surface area (Å²) in [4.78, 5) is 15.7. The number of thioether (sulfide) groups is 1. The molecule has 1 aromatic heterocycles. The van der Waals surface area contributed by atoms with Crippen molar-refractivity contribution >= 4 is 23.4 Å². The highest BCUT2D eigenvalue weighted by Crippen LogP contribution is 2.39. The third-order valence-electron chi connectivity index (χ3n) is 4.52. The van der Waals surface area contributed by atoms with E-state index >= 15 is 0 Å². The maximum Gasteiger partial charge on any atom is 0.335 e. The highest BCUT2D eigenvalue weighted by atomic mass is 32.2. The Morgan fingerprint density at radius 2 is 1.97 bits per heavy atom. The zero-order valence-corrected chi connectivity index (χ0v) is 16.6. The molecular formula is C21H20N4O3S. The number of nitrogens with one attached hydrogen (secondary N) is 1. The van der Waals surface area contributed by atoms with E-state index in [0.29, 0.717) is 16.7 Å². The molecule has 1 atom stereocenters. The summed E-state index contributed by atoms with van der Waals surface area (Å²) in [7, 11) is 0. The topological polar surface area (TPSA) is 97.2 Å². The average Bonchev–Trinajstić information content (AvgIpc) is 2.90. The van der Waals surface area contributed by atoms with Gasteiger partial charge in [0.25, 0.3) is 0 Å². The van der Waals surface area contributed by atoms with Crippen LogP contribution >= 0.6 is 11.8 Å². The summed E-state index contributed by atoms with van der Waals surface area (Å²) >= 11 is 1.56. The van der Waals surface area contributed by atoms with Crippen LogP contribution in [-0.2, 0) is 0 Å². The van der Waals surface area contributed by atoms with E-state index in [1.165, 1.54) is 0 Å². The second kappa shape index (κ2) is 8.48. The fourth-order valence-electron chi connectivity index (χ4n) is 2.97. The monoisotopic (exact) mass is 408 g/mol. The lowest BCUT2D eigenvalue weighted by Crippen LogP contribution is -2.17. The van der Waals surface area contributed by atoms with Gasteiger partial charge in [-0.05, 0) is 24.6 Å². The van der Waals surface area contributed by atoms with Crippen molar-refractivity contribution < 1.29 is 14.6 Å². The molecular weight excluding hydrogens is 388 g/mol. The number of rotatable bonds is 6. The molecule has 7 nitrogen and oxygen atoms in total. The van der Waals surface area contributed by atoms with Gasteiger partial charge >= 0.3 is 5.97 Å². The van der Waals surface area contributed by atoms with Crippen molar-refractivity contribution in [3.05, 3.63) is 59.7 Å². The first-order valence-electron chi connectivity index (χ1n) is 9.39. The zero-order valence-electron chi connectivity index (χ0n) is 15.8. The van der Waals surface area contributed by atoms with Crippen LogP contribution < -0.4 is 10.1 Å². The number of unbranched alkanes of at least 4 members (excludes halogenated alkanes) is 1. The van der Waals surface area contributed by atoms with Gasteiger partial charge in [-0.15, -0.1) is 10.2 Å². The minimum Gasteiger partial charge on any atom is -0.478 e. The molecule has 4 rings (SSSR count). The molecule has 0 saturated carbocycles. The molecule has 0 bridgehead atoms. The van der Waals surface area contributed by atoms with Crippen molar-refractivity contribution in [2.75, 3.05) is 11.1 Å². The number of carbonyl (C=O) groups is 1. The molecule has 148 valence electrons. The van der Waals surface area contributed by atoms with Crippen LogP contribution in [0.3, 0.4) is 0 Å². The van der Waals surface area contributed by atoms with Gasteiger partial charge in [0.15, 0.2) is 11.9 Å². The zero-order chi connectivity index (χ0) is 20.2. The minimum atomic E-state index is -0.965. The molecule has 8 heteroatoms. The molecule has 2 N–H and O–H groups in total. The van der Waals surface area contributed by atoms with Crippen LogP contribution in [0.4, 0.5) is 5.69 Å². The predicted molar refractivity (Wildman–Crippen MR) is 111 cm³/mol. The number of benzene rings is 2. The summed E-state index contributed by atoms with van der Waals surface area (Å²) < 4.78 is 6.19. The Balaban J connectivity index is 1.71. The lowest BCUT2D eigenvalue weighted by Gasteiger charge is -2.19. The van der Waals surface area contributed by atoms with Crippen molar-refractivity contribution in [3.63, 3.8) is 0 Å². The Kier molecular flexibility index (Phi) is 5.62. The molecule has 2 aromatic carbocycles. The van der Waals surface area contributed by atoms with Gasteiger partial charge in [-0.2, -0.15) is 4.98 Å². The molecule has 1 aliphatic heterocycles. The van der Waals surface area contributed by atoms with Crippen LogP contribution in [0.15, 0.2) is 53.7 Å². The SMILES string of the molecule is CCCCSc1nnc2c(n1)OC(c1ccc(C(=O)O)cc1)Nc1ccccc1-2. The maximum absolute atomic E-state index is 11.1. The van der Waals surface area contributed by atoms with E-state index < -0.39 is 12.2 Å². The van der Waals surface area contributed by atoms with Crippen LogP contribution in [0.1, 0.15) is 41.9 Å². The van der Waals surface area contributed by atoms with E-state index in [2.05, 4.69) is 27.4 Å². The molecule has 0 amide bonds. The van der Waals surface area contributed by atoms with Crippen molar-refractivity contribution in [1.29, 1.82) is 0 Å². The first kappa shape index (κ1) is 19.2. The normalized spacial score (nSPS) is 14.7. The van der Waals surface area contributed by atoms with Gasteiger partial charge in [0.2, 0.25) is 11.0 Å². The maximum atomic E-state index is 11.1. The summed E-state index contributed by atoms with van der Waals surface area (Å²) in [5.74, 6) is 0.364. The van der Waals surface area contributed by atoms with Crippen LogP contribution in [0.5, 0.6) is 5.88 Å². The molecule has 0 radical (unpaired) electrons. The van der Waals surface area contributed by atoms with Crippen molar-refractivity contribution in [2.24, 2.45) is 0 Å². The highest BCUT2D eigenvalue weighted by molar-refractivity contribution is 7.99. The molecule has 0 spiro atoms. The Morgan fingerprint density at radius 1 is 1.17 bits per heavy atom. The van der Waals surface area contributed by atoms with Gasteiger partial charge in [-0.1, -0.05) is 55.4 Å². The fraction of sp³-hybridized carbons (Fsp3) is 0.238. The quantitative estimate of drug-likeness (QED) is 0.450. The number of hydrogen-bond acceptors (Lipinski definition) is 7. The van der Waals surface area contributed by atoms with Crippen molar-refractivity contribution in [2.45, 2.75) is 31.1 Å². The Labute approximate surface area is 172 Å². The summed E-state index contributed by atoms with van der Waals surface area (Å²) in [6, 6.07) is 14.3. The van der Waals surface area contributed by atoms with Gasteiger partial charge in [0.1, 0.15) is 0 Å². The van der Waals surface area contributed by atoms with E-state index in [1.807, 2.05) is 24.3 Å². The first-order valence-corrected chi connectivity index (χ1v) is 10.4. The van der Waals surface area contributed by atoms with E-state index in [4.69, 9.17) is 9.84 Å². The third kappa shape index (κ3) is 4.17. The van der Waals surface area contributed by atoms with Gasteiger partial charge in [0.05, 0.1) is 5.56 Å². The number of nitrogens with zero attached hydrogens (tertiary/aromatic N) is 3. The molecule has 3 aromatic rings. The molecule has 1 unspecified atom stereocenters. The van der Waals surface area contributed by atoms with E-state index in [0.717, 1.165) is 35.4 Å². The van der Waals surface area contributed by atoms with Crippen LogP contribution in [0.25, 0.3) is 11.3 Å². The summed E-state index contributed by atoms with van der Waals surface area (Å²) in [6.07, 6.45) is 1.65. The number of carboxylic acid groups (broad SMARTS) is 1. The molecule has 0 fully saturated rings. The lowest BCUT2D eigenvalue weighted by molar-refractivity contribution is 0.0696. The van der Waals surface area contributed by atoms with Crippen LogP contribution in [0.2, 0.25) is 0 Å². The van der Waals surface area contributed by atoms with Crippen molar-refractivity contribution in [1.82, 2.24) is 15.2 Å². The second-order valence-corrected chi connectivity index (χ2v) is 7.63. The number of carboxylic acids is 1. The number of aromatic nitrogens is 3. The third-order valence-corrected chi connectivity index (χ3v) is 5.45. The molecule has 1 aliphatic rings. The van der Waals surface area contributed by atoms with Gasteiger partial charge in [-0.3, -0.25) is 0 Å². The highest BCUT2D eigenvalue weighted by Gasteiger charge is 2.26. The van der Waals surface area contributed by atoms with E-state index in [-0.39, 0.29) is 5.56 Å². The Morgan fingerprint density at radius 3 is 2.72 bits per heavy atom. The smallest absolute Gasteiger partial charge is 0.335 e. The predicted octanol–water partition coefficient (Wildman–Crippen LogP) is 4.63. The van der Waals surface area contributed by atoms with Gasteiger partial charge in [0, 0.05) is 22.6 Å². The van der Waals surface area contributed by atoms with Gasteiger partial charge in [-0.25, -0.2) is 4.79 Å². The number of hydrogen-bond donors (Lipinski definition) is 2. The molecule has 0 saturated heterocycles. The average molecular weight is 408 g/mol. The molecule has 2 heterocycles. The summed E-state index contributed by atoms with van der Waals surface area (Å²) in [5.41, 5.74) is 3.30. The molecule has 29 heavy (non-hydrogen) atoms. The largest absolute Gasteiger partial charge is 0.478 e. The number of anilines is 1. The Bertz CT molecular complexity index is 1030. The number of fused-ring (bicyclic) bond motifs is 3. The molecule has 0 aliphatic carbocycles. The summed E-state index contributed by atoms with van der Waals surface area (Å²) in [5, 5.41) is 21.7. The minimum absolute atomic E-state index is 0.224. The van der Waals surface area contributed by atoms with E-state index in [9.17, 15) is 4.79 Å². The standard InChI is InChI=1S/C21H20N4O3S/c1-2-3-12-29-21-23-19-17(24-25-21)15-6-4-5-7-16(15)22-18(28-19)13-8-10-14(11-9-13)20(26)27/h4-11,18,22H,2-3,12H2,1H3,(H,26,27). The van der Waals surface area contributed by atoms with Crippen LogP contribution in [0, 0.1) is 0 Å². The summed E-state index contributed by atoms with van der Waals surface area (Å²) in [6.45, 7) is 2.14. The second-order valence-electron chi connectivity index (χ2n) is 6.57. The van der Waals surface area contributed by atoms with Crippen LogP contribution in [-0.4, -0.2) is 32.0 Å². The number of aromatic carboxylic acids is 1. The van der Waals surface area contributed by atoms with Crippen molar-refractivity contribution in [3.8, 4) is 17.1 Å². The van der Waals surface area contributed by atoms with Gasteiger partial charge < -0.3 is 15.2 Å². The van der Waals surface area contributed by atoms with E-state index in [1.54, 1.807) is 36.0 Å².